The van der Waals surface area contributed by atoms with Gasteiger partial charge in [-0.3, -0.25) is 4.79 Å². The zero-order chi connectivity index (χ0) is 19.6. The number of primary amides is 1. The van der Waals surface area contributed by atoms with Gasteiger partial charge in [0.15, 0.2) is 0 Å². The predicted octanol–water partition coefficient (Wildman–Crippen LogP) is 2.07. The Balaban J connectivity index is 2.31. The summed E-state index contributed by atoms with van der Waals surface area (Å²) in [5, 5.41) is 5.01. The molecule has 1 aromatic carbocycles. The highest BCUT2D eigenvalue weighted by Crippen LogP contribution is 2.06. The van der Waals surface area contributed by atoms with Gasteiger partial charge < -0.3 is 25.8 Å². The van der Waals surface area contributed by atoms with Crippen LogP contribution < -0.4 is 16.4 Å². The van der Waals surface area contributed by atoms with Crippen LogP contribution in [0.3, 0.4) is 0 Å². The summed E-state index contributed by atoms with van der Waals surface area (Å²) >= 11 is 0. The van der Waals surface area contributed by atoms with Crippen molar-refractivity contribution in [2.24, 2.45) is 5.73 Å². The molecule has 1 rings (SSSR count). The first-order valence-corrected chi connectivity index (χ1v) is 8.41. The molecular weight excluding hydrogens is 338 g/mol. The molecule has 3 amide bonds. The van der Waals surface area contributed by atoms with E-state index in [9.17, 15) is 14.4 Å². The fourth-order valence-corrected chi connectivity index (χ4v) is 2.00. The number of carbonyl (C=O) groups is 3. The third-order valence-electron chi connectivity index (χ3n) is 3.19. The smallest absolute Gasteiger partial charge is 0.408 e. The maximum Gasteiger partial charge on any atom is 0.408 e. The molecule has 8 nitrogen and oxygen atoms in total. The number of benzene rings is 1. The second kappa shape index (κ2) is 10.3. The molecule has 1 aromatic rings. The standard InChI is InChI=1S/C18H27N3O5/c1-18(2,3)26-16(23)20-11-7-10-14(15(19)22)21-17(24)25-12-13-8-5-4-6-9-13/h4-6,8-9,14H,7,10-12H2,1-3H3,(H2,19,22)(H,20,23)(H,21,24). The number of nitrogens with one attached hydrogen (secondary N) is 2. The Labute approximate surface area is 153 Å². The van der Waals surface area contributed by atoms with E-state index in [1.165, 1.54) is 0 Å². The van der Waals surface area contributed by atoms with Crippen LogP contribution >= 0.6 is 0 Å². The zero-order valence-electron chi connectivity index (χ0n) is 15.4. The summed E-state index contributed by atoms with van der Waals surface area (Å²) in [5.41, 5.74) is 5.55. The summed E-state index contributed by atoms with van der Waals surface area (Å²) < 4.78 is 10.2. The molecule has 4 N–H and O–H groups in total. The first-order chi connectivity index (χ1) is 12.2. The zero-order valence-corrected chi connectivity index (χ0v) is 15.4. The summed E-state index contributed by atoms with van der Waals surface area (Å²) in [4.78, 5) is 34.8. The molecule has 0 saturated carbocycles. The van der Waals surface area contributed by atoms with Gasteiger partial charge in [0.1, 0.15) is 18.2 Å². The molecule has 0 bridgehead atoms. The molecule has 0 saturated heterocycles. The van der Waals surface area contributed by atoms with Gasteiger partial charge in [-0.25, -0.2) is 9.59 Å². The Morgan fingerprint density at radius 3 is 2.35 bits per heavy atom. The molecule has 144 valence electrons. The minimum atomic E-state index is -0.876. The lowest BCUT2D eigenvalue weighted by molar-refractivity contribution is -0.120. The van der Waals surface area contributed by atoms with Gasteiger partial charge >= 0.3 is 12.2 Å². The molecule has 0 aliphatic rings. The largest absolute Gasteiger partial charge is 0.445 e. The molecule has 26 heavy (non-hydrogen) atoms. The number of ether oxygens (including phenoxy) is 2. The van der Waals surface area contributed by atoms with Crippen molar-refractivity contribution >= 4 is 18.1 Å². The first-order valence-electron chi connectivity index (χ1n) is 8.41. The van der Waals surface area contributed by atoms with E-state index in [0.717, 1.165) is 5.56 Å². The van der Waals surface area contributed by atoms with Gasteiger partial charge in [0.05, 0.1) is 0 Å². The van der Waals surface area contributed by atoms with Crippen molar-refractivity contribution in [3.63, 3.8) is 0 Å². The highest BCUT2D eigenvalue weighted by molar-refractivity contribution is 5.84. The minimum absolute atomic E-state index is 0.0956. The summed E-state index contributed by atoms with van der Waals surface area (Å²) in [6.07, 6.45) is -0.557. The van der Waals surface area contributed by atoms with E-state index in [2.05, 4.69) is 10.6 Å². The normalized spacial score (nSPS) is 12.0. The van der Waals surface area contributed by atoms with Crippen LogP contribution in [0.2, 0.25) is 0 Å². The predicted molar refractivity (Wildman–Crippen MR) is 96.2 cm³/mol. The van der Waals surface area contributed by atoms with E-state index in [4.69, 9.17) is 15.2 Å². The molecule has 8 heteroatoms. The van der Waals surface area contributed by atoms with E-state index >= 15 is 0 Å². The van der Waals surface area contributed by atoms with Crippen LogP contribution in [-0.4, -0.2) is 36.3 Å². The van der Waals surface area contributed by atoms with Crippen molar-refractivity contribution in [2.75, 3.05) is 6.54 Å². The first kappa shape index (κ1) is 21.3. The number of alkyl carbamates (subject to hydrolysis) is 2. The van der Waals surface area contributed by atoms with E-state index in [1.807, 2.05) is 30.3 Å². The topological polar surface area (TPSA) is 120 Å². The summed E-state index contributed by atoms with van der Waals surface area (Å²) in [6, 6.07) is 8.29. The van der Waals surface area contributed by atoms with Crippen LogP contribution in [-0.2, 0) is 20.9 Å². The third-order valence-corrected chi connectivity index (χ3v) is 3.19. The average Bonchev–Trinajstić information content (AvgIpc) is 2.55. The van der Waals surface area contributed by atoms with Gasteiger partial charge in [0, 0.05) is 6.54 Å². The number of hydrogen-bond acceptors (Lipinski definition) is 5. The Hall–Kier alpha value is -2.77. The number of rotatable bonds is 8. The van der Waals surface area contributed by atoms with Gasteiger partial charge in [-0.15, -0.1) is 0 Å². The van der Waals surface area contributed by atoms with E-state index < -0.39 is 29.7 Å². The van der Waals surface area contributed by atoms with E-state index in [1.54, 1.807) is 20.8 Å². The van der Waals surface area contributed by atoms with Crippen LogP contribution in [0.5, 0.6) is 0 Å². The van der Waals surface area contributed by atoms with Gasteiger partial charge in [0.25, 0.3) is 0 Å². The van der Waals surface area contributed by atoms with Crippen LogP contribution in [0.15, 0.2) is 30.3 Å². The van der Waals surface area contributed by atoms with Crippen molar-refractivity contribution in [2.45, 2.75) is 51.9 Å². The Morgan fingerprint density at radius 2 is 1.77 bits per heavy atom. The van der Waals surface area contributed by atoms with Crippen LogP contribution in [0.4, 0.5) is 9.59 Å². The van der Waals surface area contributed by atoms with Crippen LogP contribution in [0.25, 0.3) is 0 Å². The summed E-state index contributed by atoms with van der Waals surface area (Å²) in [5.74, 6) is -0.668. The maximum atomic E-state index is 11.8. The van der Waals surface area contributed by atoms with Crippen molar-refractivity contribution in [1.82, 2.24) is 10.6 Å². The van der Waals surface area contributed by atoms with E-state index in [-0.39, 0.29) is 13.0 Å². The molecule has 0 aromatic heterocycles. The van der Waals surface area contributed by atoms with Gasteiger partial charge in [-0.05, 0) is 39.2 Å². The average molecular weight is 365 g/mol. The minimum Gasteiger partial charge on any atom is -0.445 e. The second-order valence-corrected chi connectivity index (χ2v) is 6.73. The molecular formula is C18H27N3O5. The number of amides is 3. The van der Waals surface area contributed by atoms with Crippen LogP contribution in [0.1, 0.15) is 39.2 Å². The van der Waals surface area contributed by atoms with Crippen molar-refractivity contribution in [3.8, 4) is 0 Å². The van der Waals surface area contributed by atoms with Crippen molar-refractivity contribution in [1.29, 1.82) is 0 Å². The number of nitrogens with two attached hydrogens (primary N) is 1. The lowest BCUT2D eigenvalue weighted by Crippen LogP contribution is -2.45. The SMILES string of the molecule is CC(C)(C)OC(=O)NCCCC(NC(=O)OCc1ccccc1)C(N)=O. The van der Waals surface area contributed by atoms with Crippen molar-refractivity contribution in [3.05, 3.63) is 35.9 Å². The molecule has 1 atom stereocenters. The third kappa shape index (κ3) is 9.51. The quantitative estimate of drug-likeness (QED) is 0.609. The van der Waals surface area contributed by atoms with Gasteiger partial charge in [-0.2, -0.15) is 0 Å². The summed E-state index contributed by atoms with van der Waals surface area (Å²) in [6.45, 7) is 5.68. The Kier molecular flexibility index (Phi) is 8.41. The molecule has 0 heterocycles. The fourth-order valence-electron chi connectivity index (χ4n) is 2.00. The highest BCUT2D eigenvalue weighted by atomic mass is 16.6. The number of carbonyl (C=O) groups excluding carboxylic acids is 3. The van der Waals surface area contributed by atoms with E-state index in [0.29, 0.717) is 13.0 Å². The monoisotopic (exact) mass is 365 g/mol. The molecule has 0 aliphatic carbocycles. The Bertz CT molecular complexity index is 599. The van der Waals surface area contributed by atoms with Crippen LogP contribution in [0, 0.1) is 0 Å². The lowest BCUT2D eigenvalue weighted by atomic mass is 10.1. The fraction of sp³-hybridized carbons (Fsp3) is 0.500. The number of hydrogen-bond donors (Lipinski definition) is 3. The molecule has 0 aliphatic heterocycles. The Morgan fingerprint density at radius 1 is 1.12 bits per heavy atom. The highest BCUT2D eigenvalue weighted by Gasteiger charge is 2.19. The van der Waals surface area contributed by atoms with Gasteiger partial charge in [-0.1, -0.05) is 30.3 Å². The summed E-state index contributed by atoms with van der Waals surface area (Å²) in [7, 11) is 0. The van der Waals surface area contributed by atoms with Gasteiger partial charge in [0.2, 0.25) is 5.91 Å². The van der Waals surface area contributed by atoms with Crippen molar-refractivity contribution < 1.29 is 23.9 Å². The lowest BCUT2D eigenvalue weighted by Gasteiger charge is -2.20. The molecule has 0 fully saturated rings. The molecule has 1 unspecified atom stereocenters. The second-order valence-electron chi connectivity index (χ2n) is 6.73. The maximum absolute atomic E-state index is 11.8. The molecule has 0 radical (unpaired) electrons. The molecule has 0 spiro atoms.